The summed E-state index contributed by atoms with van der Waals surface area (Å²) in [7, 11) is -8.32. The van der Waals surface area contributed by atoms with Crippen LogP contribution >= 0.6 is 57.5 Å². The number of ketones is 1. The SMILES string of the molecule is Cc1noc(NS(=O)(=O)c2ccsc2C(=O)O)c1Cl.[2H]C([2H])([2H])c1cc2c(cc1CC(=O)c1sccc1S(=O)(=O)Nc1onc(C)c1Cl)OCO2.[2H]C([2H])([2H])c1cc2c(cc1CCl)OCO2. The number of carboxylic acids is 1. The summed E-state index contributed by atoms with van der Waals surface area (Å²) in [5.74, 6) is -0.666. The first-order chi connectivity index (χ1) is 30.8. The smallest absolute Gasteiger partial charge is 0.347 e. The average molecular weight is 968 g/mol. The van der Waals surface area contributed by atoms with Gasteiger partial charge in [0, 0.05) is 20.5 Å². The van der Waals surface area contributed by atoms with Crippen LogP contribution in [-0.2, 0) is 32.3 Å². The first-order valence-corrected chi connectivity index (χ1v) is 22.5. The Kier molecular flexibility index (Phi) is 11.2. The van der Waals surface area contributed by atoms with Gasteiger partial charge in [-0.3, -0.25) is 4.79 Å². The predicted octanol–water partition coefficient (Wildman–Crippen LogP) is 8.62. The van der Waals surface area contributed by atoms with E-state index in [1.165, 1.54) is 54.9 Å². The standard InChI is InChI=1S/C18H15ClN2O6S2.C9H7ClN2O5S2.C9H9ClO2/c1-9-5-13-14(26-8-25-13)7-11(9)6-12(22)17-15(3-4-28-17)29(23,24)21-18-16(19)10(2)20-27-18;1-4-6(10)8(17-11-4)12-19(15,16)5-2-3-18-7(5)9(13)14;1-6-2-8-9(12-5-11-8)3-7(6)4-10/h3-5,7,21H,6,8H2,1-2H3;2-3,12H,1H3,(H,13,14);2-3H,4-5H2,1H3/i1D3;;1D3. The number of carbonyl (C=O) groups is 2. The molecular formula is C36H31Cl3N4O13S4. The molecule has 2 aliphatic heterocycles. The maximum Gasteiger partial charge on any atom is 0.347 e. The number of carboxylic acid groups (broad SMARTS) is 1. The van der Waals surface area contributed by atoms with Crippen LogP contribution in [0.2, 0.25) is 10.0 Å². The summed E-state index contributed by atoms with van der Waals surface area (Å²) in [6.07, 6.45) is -0.352. The van der Waals surface area contributed by atoms with Crippen molar-refractivity contribution in [1.29, 1.82) is 0 Å². The van der Waals surface area contributed by atoms with Crippen molar-refractivity contribution in [3.8, 4) is 23.0 Å². The Morgan fingerprint density at radius 1 is 0.750 bits per heavy atom. The third-order valence-electron chi connectivity index (χ3n) is 8.01. The Morgan fingerprint density at radius 3 is 1.62 bits per heavy atom. The third-order valence-corrected chi connectivity index (χ3v) is 14.1. The van der Waals surface area contributed by atoms with E-state index >= 15 is 0 Å². The van der Waals surface area contributed by atoms with E-state index < -0.39 is 45.5 Å². The number of hydrogen-bond acceptors (Lipinski definition) is 16. The van der Waals surface area contributed by atoms with Crippen molar-refractivity contribution >= 4 is 101 Å². The Balaban J connectivity index is 0.000000179. The molecule has 0 spiro atoms. The van der Waals surface area contributed by atoms with Crippen molar-refractivity contribution in [1.82, 2.24) is 10.3 Å². The molecule has 6 heterocycles. The number of carbonyl (C=O) groups excluding carboxylic acids is 1. The molecule has 0 bridgehead atoms. The van der Waals surface area contributed by atoms with Gasteiger partial charge in [-0.2, -0.15) is 0 Å². The van der Waals surface area contributed by atoms with Crippen LogP contribution in [0.5, 0.6) is 23.0 Å². The molecule has 60 heavy (non-hydrogen) atoms. The van der Waals surface area contributed by atoms with Gasteiger partial charge in [0.05, 0.1) is 4.88 Å². The molecule has 2 aromatic carbocycles. The van der Waals surface area contributed by atoms with Gasteiger partial charge in [0.15, 0.2) is 28.8 Å². The fraction of sp³-hybridized carbons (Fsp3) is 0.222. The summed E-state index contributed by atoms with van der Waals surface area (Å²) < 4.78 is 130. The van der Waals surface area contributed by atoms with Crippen LogP contribution in [0.4, 0.5) is 11.8 Å². The molecule has 2 aliphatic rings. The van der Waals surface area contributed by atoms with Gasteiger partial charge in [-0.05, 0) is 97.0 Å². The minimum absolute atomic E-state index is 0.000593. The molecule has 0 radical (unpaired) electrons. The average Bonchev–Trinajstić information content (AvgIpc) is 4.11. The number of rotatable bonds is 11. The number of thiophene rings is 2. The fourth-order valence-electron chi connectivity index (χ4n) is 5.05. The molecule has 0 saturated heterocycles. The molecule has 0 unspecified atom stereocenters. The van der Waals surface area contributed by atoms with Crippen molar-refractivity contribution in [3.05, 3.63) is 101 Å². The largest absolute Gasteiger partial charge is 0.477 e. The number of aromatic carboxylic acids is 1. The zero-order valence-corrected chi connectivity index (χ0v) is 36.0. The Morgan fingerprint density at radius 2 is 1.18 bits per heavy atom. The number of fused-ring (bicyclic) bond motifs is 2. The number of ether oxygens (including phenoxy) is 4. The van der Waals surface area contributed by atoms with E-state index in [9.17, 15) is 26.4 Å². The van der Waals surface area contributed by atoms with Gasteiger partial charge in [-0.15, -0.1) is 34.3 Å². The number of halogens is 3. The minimum atomic E-state index is -4.23. The second-order valence-electron chi connectivity index (χ2n) is 12.0. The van der Waals surface area contributed by atoms with E-state index in [4.69, 9.17) is 76.1 Å². The fourth-order valence-corrected chi connectivity index (χ4v) is 10.3. The summed E-state index contributed by atoms with van der Waals surface area (Å²) in [6, 6.07) is 8.30. The molecule has 0 fully saturated rings. The number of nitrogens with zero attached hydrogens (tertiary/aromatic N) is 2. The number of alkyl halides is 1. The summed E-state index contributed by atoms with van der Waals surface area (Å²) in [6.45, 7) is -1.54. The molecule has 4 aromatic heterocycles. The molecule has 318 valence electrons. The molecule has 8 rings (SSSR count). The lowest BCUT2D eigenvalue weighted by atomic mass is 10.0. The van der Waals surface area contributed by atoms with Crippen LogP contribution < -0.4 is 28.4 Å². The lowest BCUT2D eigenvalue weighted by Crippen LogP contribution is -2.16. The molecule has 0 atom stereocenters. The zero-order chi connectivity index (χ0) is 48.5. The van der Waals surface area contributed by atoms with Gasteiger partial charge in [0.2, 0.25) is 13.6 Å². The van der Waals surface area contributed by atoms with Crippen molar-refractivity contribution < 1.29 is 67.7 Å². The molecular weight excluding hydrogens is 931 g/mol. The quantitative estimate of drug-likeness (QED) is 0.0814. The van der Waals surface area contributed by atoms with Crippen LogP contribution in [0.1, 0.15) is 61.2 Å². The number of sulfonamides is 2. The van der Waals surface area contributed by atoms with Gasteiger partial charge in [0.1, 0.15) is 36.1 Å². The number of Topliss-reactive ketones (excluding diaryl/α,β-unsaturated/α-hetero) is 1. The highest BCUT2D eigenvalue weighted by molar-refractivity contribution is 7.93. The highest BCUT2D eigenvalue weighted by Gasteiger charge is 2.29. The van der Waals surface area contributed by atoms with Crippen LogP contribution in [0.15, 0.2) is 66.0 Å². The van der Waals surface area contributed by atoms with Gasteiger partial charge in [0.25, 0.3) is 31.8 Å². The highest BCUT2D eigenvalue weighted by atomic mass is 35.5. The molecule has 24 heteroatoms. The molecule has 3 N–H and O–H groups in total. The normalized spacial score (nSPS) is 14.5. The van der Waals surface area contributed by atoms with E-state index in [1.807, 2.05) is 0 Å². The minimum Gasteiger partial charge on any atom is -0.477 e. The molecule has 0 aliphatic carbocycles. The lowest BCUT2D eigenvalue weighted by Gasteiger charge is -2.09. The summed E-state index contributed by atoms with van der Waals surface area (Å²) in [5.41, 5.74) is 1.52. The first-order valence-electron chi connectivity index (χ1n) is 19.4. The number of benzene rings is 2. The third kappa shape index (κ3) is 9.78. The van der Waals surface area contributed by atoms with E-state index in [0.29, 0.717) is 34.2 Å². The van der Waals surface area contributed by atoms with Crippen molar-refractivity contribution in [2.24, 2.45) is 0 Å². The highest BCUT2D eigenvalue weighted by Crippen LogP contribution is 2.37. The summed E-state index contributed by atoms with van der Waals surface area (Å²) >= 11 is 19.2. The van der Waals surface area contributed by atoms with E-state index in [0.717, 1.165) is 22.7 Å². The van der Waals surface area contributed by atoms with Crippen molar-refractivity contribution in [2.75, 3.05) is 23.0 Å². The van der Waals surface area contributed by atoms with E-state index in [-0.39, 0.29) is 89.7 Å². The van der Waals surface area contributed by atoms with Crippen LogP contribution in [0.25, 0.3) is 0 Å². The maximum absolute atomic E-state index is 13.0. The molecule has 0 saturated carbocycles. The molecule has 17 nitrogen and oxygen atoms in total. The predicted molar refractivity (Wildman–Crippen MR) is 222 cm³/mol. The second-order valence-corrected chi connectivity index (χ2v) is 18.2. The summed E-state index contributed by atoms with van der Waals surface area (Å²) in [5, 5.41) is 18.8. The van der Waals surface area contributed by atoms with Gasteiger partial charge < -0.3 is 33.1 Å². The van der Waals surface area contributed by atoms with Gasteiger partial charge >= 0.3 is 5.97 Å². The molecule has 0 amide bonds. The Hall–Kier alpha value is -5.03. The van der Waals surface area contributed by atoms with Crippen molar-refractivity contribution in [3.63, 3.8) is 0 Å². The van der Waals surface area contributed by atoms with Crippen molar-refractivity contribution in [2.45, 2.75) is 49.6 Å². The second kappa shape index (κ2) is 18.3. The monoisotopic (exact) mass is 966 g/mol. The van der Waals surface area contributed by atoms with Crippen LogP contribution in [0.3, 0.4) is 0 Å². The Bertz CT molecular complexity index is 3040. The number of aryl methyl sites for hydroxylation is 4. The Labute approximate surface area is 373 Å². The first kappa shape index (κ1) is 36.8. The number of hydrogen-bond donors (Lipinski definition) is 3. The number of anilines is 2. The molecule has 6 aromatic rings. The number of aromatic nitrogens is 2. The van der Waals surface area contributed by atoms with Gasteiger partial charge in [-0.25, -0.2) is 31.1 Å². The van der Waals surface area contributed by atoms with Gasteiger partial charge in [-0.1, -0.05) is 33.5 Å². The summed E-state index contributed by atoms with van der Waals surface area (Å²) in [4.78, 5) is 23.0. The number of nitrogens with one attached hydrogen (secondary N) is 2. The topological polar surface area (TPSA) is 236 Å². The van der Waals surface area contributed by atoms with E-state index in [2.05, 4.69) is 19.8 Å². The maximum atomic E-state index is 13.0. The van der Waals surface area contributed by atoms with Crippen LogP contribution in [0, 0.1) is 27.6 Å². The zero-order valence-electron chi connectivity index (χ0n) is 36.5. The van der Waals surface area contributed by atoms with E-state index in [1.54, 1.807) is 6.07 Å². The lowest BCUT2D eigenvalue weighted by molar-refractivity contribution is 0.0698. The van der Waals surface area contributed by atoms with Crippen LogP contribution in [-0.4, -0.2) is 57.6 Å².